The molecular formula is C15H12ClFN6. The molecule has 116 valence electrons. The zero-order chi connectivity index (χ0) is 16.1. The number of aromatic nitrogens is 4. The second-order valence-electron chi connectivity index (χ2n) is 4.59. The van der Waals surface area contributed by atoms with E-state index in [0.717, 1.165) is 5.69 Å². The topological polar surface area (TPSA) is 75.6 Å². The summed E-state index contributed by atoms with van der Waals surface area (Å²) >= 11 is 5.74. The Morgan fingerprint density at radius 3 is 2.87 bits per heavy atom. The van der Waals surface area contributed by atoms with E-state index in [9.17, 15) is 4.39 Å². The molecule has 0 fully saturated rings. The first kappa shape index (κ1) is 15.1. The molecule has 2 N–H and O–H groups in total. The number of pyridine rings is 1. The van der Waals surface area contributed by atoms with Crippen molar-refractivity contribution in [3.63, 3.8) is 0 Å². The molecular weight excluding hydrogens is 319 g/mol. The highest BCUT2D eigenvalue weighted by Gasteiger charge is 2.04. The number of nitrogens with zero attached hydrogens (tertiary/aromatic N) is 4. The lowest BCUT2D eigenvalue weighted by molar-refractivity contribution is 0.628. The average molecular weight is 331 g/mol. The second-order valence-corrected chi connectivity index (χ2v) is 5.00. The Labute approximate surface area is 136 Å². The van der Waals surface area contributed by atoms with Crippen molar-refractivity contribution in [3.05, 3.63) is 65.3 Å². The van der Waals surface area contributed by atoms with Gasteiger partial charge in [-0.1, -0.05) is 17.7 Å². The molecule has 3 rings (SSSR count). The summed E-state index contributed by atoms with van der Waals surface area (Å²) in [6.45, 7) is 0.515. The van der Waals surface area contributed by atoms with Gasteiger partial charge in [-0.2, -0.15) is 10.1 Å². The fraction of sp³-hybridized carbons (Fsp3) is 0.0667. The molecule has 1 aromatic carbocycles. The minimum absolute atomic E-state index is 0.0207. The summed E-state index contributed by atoms with van der Waals surface area (Å²) < 4.78 is 13.1. The molecule has 23 heavy (non-hydrogen) atoms. The lowest BCUT2D eigenvalue weighted by Crippen LogP contribution is -2.06. The van der Waals surface area contributed by atoms with Gasteiger partial charge in [-0.05, 0) is 30.3 Å². The van der Waals surface area contributed by atoms with Crippen molar-refractivity contribution in [2.24, 2.45) is 0 Å². The fourth-order valence-electron chi connectivity index (χ4n) is 1.83. The van der Waals surface area contributed by atoms with Crippen molar-refractivity contribution in [2.75, 3.05) is 10.6 Å². The normalized spacial score (nSPS) is 10.3. The summed E-state index contributed by atoms with van der Waals surface area (Å²) in [6, 6.07) is 9.93. The van der Waals surface area contributed by atoms with Crippen molar-refractivity contribution < 1.29 is 4.39 Å². The van der Waals surface area contributed by atoms with Gasteiger partial charge in [0, 0.05) is 11.9 Å². The third-order valence-corrected chi connectivity index (χ3v) is 3.20. The maximum Gasteiger partial charge on any atom is 0.249 e. The van der Waals surface area contributed by atoms with Gasteiger partial charge in [-0.3, -0.25) is 4.98 Å². The Balaban J connectivity index is 1.68. The molecule has 0 amide bonds. The van der Waals surface area contributed by atoms with Crippen LogP contribution < -0.4 is 10.6 Å². The van der Waals surface area contributed by atoms with E-state index in [4.69, 9.17) is 11.6 Å². The van der Waals surface area contributed by atoms with E-state index >= 15 is 0 Å². The molecule has 2 aromatic heterocycles. The maximum absolute atomic E-state index is 13.1. The standard InChI is InChI=1S/C15H12ClFN6/c16-12-7-10(4-5-13(12)17)21-15-22-14(9-20-23-15)19-8-11-3-1-2-6-18-11/h1-7,9H,8H2,(H2,19,21,22,23). The van der Waals surface area contributed by atoms with E-state index in [1.54, 1.807) is 12.3 Å². The fourth-order valence-corrected chi connectivity index (χ4v) is 2.01. The Bertz CT molecular complexity index is 799. The largest absolute Gasteiger partial charge is 0.363 e. The minimum atomic E-state index is -0.484. The van der Waals surface area contributed by atoms with Crippen LogP contribution in [0.4, 0.5) is 21.8 Å². The zero-order valence-corrected chi connectivity index (χ0v) is 12.6. The van der Waals surface area contributed by atoms with Crippen LogP contribution in [0, 0.1) is 5.82 Å². The predicted molar refractivity (Wildman–Crippen MR) is 86.1 cm³/mol. The van der Waals surface area contributed by atoms with Crippen molar-refractivity contribution in [1.82, 2.24) is 20.2 Å². The van der Waals surface area contributed by atoms with Crippen LogP contribution in [0.2, 0.25) is 5.02 Å². The summed E-state index contributed by atoms with van der Waals surface area (Å²) in [5.41, 5.74) is 1.45. The van der Waals surface area contributed by atoms with Gasteiger partial charge in [0.2, 0.25) is 5.95 Å². The third-order valence-electron chi connectivity index (χ3n) is 2.91. The van der Waals surface area contributed by atoms with Crippen LogP contribution in [0.5, 0.6) is 0 Å². The minimum Gasteiger partial charge on any atom is -0.363 e. The highest BCUT2D eigenvalue weighted by atomic mass is 35.5. The monoisotopic (exact) mass is 330 g/mol. The van der Waals surface area contributed by atoms with Gasteiger partial charge in [0.1, 0.15) is 5.82 Å². The zero-order valence-electron chi connectivity index (χ0n) is 11.9. The SMILES string of the molecule is Fc1ccc(Nc2nncc(NCc3ccccn3)n2)cc1Cl. The van der Waals surface area contributed by atoms with Crippen LogP contribution in [0.25, 0.3) is 0 Å². The molecule has 6 nitrogen and oxygen atoms in total. The molecule has 0 unspecified atom stereocenters. The molecule has 0 spiro atoms. The quantitative estimate of drug-likeness (QED) is 0.746. The van der Waals surface area contributed by atoms with E-state index in [1.807, 2.05) is 18.2 Å². The first-order chi connectivity index (χ1) is 11.2. The summed E-state index contributed by atoms with van der Waals surface area (Å²) in [4.78, 5) is 8.48. The van der Waals surface area contributed by atoms with E-state index in [1.165, 1.54) is 18.3 Å². The van der Waals surface area contributed by atoms with Crippen LogP contribution in [0.3, 0.4) is 0 Å². The summed E-state index contributed by atoms with van der Waals surface area (Å²) in [5, 5.41) is 13.8. The molecule has 0 aliphatic carbocycles. The number of hydrogen-bond acceptors (Lipinski definition) is 6. The van der Waals surface area contributed by atoms with Crippen LogP contribution in [-0.2, 0) is 6.54 Å². The van der Waals surface area contributed by atoms with Crippen LogP contribution in [0.15, 0.2) is 48.8 Å². The Hall–Kier alpha value is -2.80. The van der Waals surface area contributed by atoms with Crippen molar-refractivity contribution in [3.8, 4) is 0 Å². The van der Waals surface area contributed by atoms with Crippen LogP contribution >= 0.6 is 11.6 Å². The first-order valence-corrected chi connectivity index (χ1v) is 7.14. The number of hydrogen-bond donors (Lipinski definition) is 2. The maximum atomic E-state index is 13.1. The van der Waals surface area contributed by atoms with Gasteiger partial charge in [0.25, 0.3) is 0 Å². The smallest absolute Gasteiger partial charge is 0.249 e. The van der Waals surface area contributed by atoms with E-state index < -0.39 is 5.82 Å². The summed E-state index contributed by atoms with van der Waals surface area (Å²) in [7, 11) is 0. The molecule has 0 saturated heterocycles. The molecule has 0 aliphatic rings. The molecule has 0 bridgehead atoms. The van der Waals surface area contributed by atoms with Crippen molar-refractivity contribution in [2.45, 2.75) is 6.54 Å². The first-order valence-electron chi connectivity index (χ1n) is 6.76. The van der Waals surface area contributed by atoms with Gasteiger partial charge in [0.05, 0.1) is 23.5 Å². The number of halogens is 2. The number of nitrogens with one attached hydrogen (secondary N) is 2. The molecule has 0 aliphatic heterocycles. The van der Waals surface area contributed by atoms with Gasteiger partial charge in [0.15, 0.2) is 5.82 Å². The van der Waals surface area contributed by atoms with Crippen LogP contribution in [0.1, 0.15) is 5.69 Å². The van der Waals surface area contributed by atoms with Gasteiger partial charge in [-0.15, -0.1) is 5.10 Å². The van der Waals surface area contributed by atoms with Crippen molar-refractivity contribution in [1.29, 1.82) is 0 Å². The lowest BCUT2D eigenvalue weighted by atomic mass is 10.3. The van der Waals surface area contributed by atoms with Gasteiger partial charge < -0.3 is 10.6 Å². The van der Waals surface area contributed by atoms with Gasteiger partial charge in [-0.25, -0.2) is 4.39 Å². The molecule has 0 saturated carbocycles. The highest BCUT2D eigenvalue weighted by molar-refractivity contribution is 6.31. The summed E-state index contributed by atoms with van der Waals surface area (Å²) in [5.74, 6) is 0.335. The Morgan fingerprint density at radius 2 is 2.09 bits per heavy atom. The lowest BCUT2D eigenvalue weighted by Gasteiger charge is -2.08. The number of anilines is 3. The van der Waals surface area contributed by atoms with Crippen molar-refractivity contribution >= 4 is 29.1 Å². The second kappa shape index (κ2) is 6.97. The predicted octanol–water partition coefficient (Wildman–Crippen LogP) is 3.41. The van der Waals surface area contributed by atoms with Crippen LogP contribution in [-0.4, -0.2) is 20.2 Å². The van der Waals surface area contributed by atoms with E-state index in [0.29, 0.717) is 18.1 Å². The number of rotatable bonds is 5. The average Bonchev–Trinajstić information content (AvgIpc) is 2.58. The van der Waals surface area contributed by atoms with E-state index in [2.05, 4.69) is 30.8 Å². The highest BCUT2D eigenvalue weighted by Crippen LogP contribution is 2.21. The number of benzene rings is 1. The molecule has 2 heterocycles. The summed E-state index contributed by atoms with van der Waals surface area (Å²) in [6.07, 6.45) is 3.23. The third kappa shape index (κ3) is 4.10. The Kier molecular flexibility index (Phi) is 4.58. The molecule has 3 aromatic rings. The van der Waals surface area contributed by atoms with Gasteiger partial charge >= 0.3 is 0 Å². The molecule has 0 radical (unpaired) electrons. The molecule has 0 atom stereocenters. The Morgan fingerprint density at radius 1 is 1.17 bits per heavy atom. The molecule has 8 heteroatoms. The van der Waals surface area contributed by atoms with E-state index in [-0.39, 0.29) is 11.0 Å².